The number of hydrogen-bond acceptors (Lipinski definition) is 2. The molecule has 0 spiro atoms. The lowest BCUT2D eigenvalue weighted by Gasteiger charge is -2.43. The van der Waals surface area contributed by atoms with E-state index in [0.29, 0.717) is 6.04 Å². The summed E-state index contributed by atoms with van der Waals surface area (Å²) in [5, 5.41) is 11.1. The molecule has 3 rings (SSSR count). The van der Waals surface area contributed by atoms with Crippen molar-refractivity contribution in [3.63, 3.8) is 0 Å². The number of aliphatic hydroxyl groups excluding tert-OH is 1. The van der Waals surface area contributed by atoms with Crippen LogP contribution in [0, 0.1) is 5.92 Å². The molecule has 3 heteroatoms. The first-order valence-corrected chi connectivity index (χ1v) is 8.70. The Bertz CT molecular complexity index is 604. The molecule has 0 aliphatic carbocycles. The number of benzene rings is 2. The summed E-state index contributed by atoms with van der Waals surface area (Å²) in [6.07, 6.45) is 1.90. The second-order valence-electron chi connectivity index (χ2n) is 6.93. The molecule has 130 valence electrons. The van der Waals surface area contributed by atoms with Crippen LogP contribution in [0.25, 0.3) is 0 Å². The van der Waals surface area contributed by atoms with Crippen molar-refractivity contribution in [1.82, 2.24) is 4.90 Å². The fourth-order valence-electron chi connectivity index (χ4n) is 3.88. The molecule has 1 aliphatic heterocycles. The minimum atomic E-state index is -0.505. The lowest BCUT2D eigenvalue weighted by atomic mass is 9.87. The zero-order chi connectivity index (χ0) is 16.2. The van der Waals surface area contributed by atoms with Gasteiger partial charge in [0.05, 0.1) is 12.1 Å². The molecule has 0 aromatic heterocycles. The number of nitrogens with zero attached hydrogens (tertiary/aromatic N) is 1. The first kappa shape index (κ1) is 19.0. The predicted molar refractivity (Wildman–Crippen MR) is 102 cm³/mol. The monoisotopic (exact) mass is 345 g/mol. The number of aliphatic hydroxyl groups is 1. The summed E-state index contributed by atoms with van der Waals surface area (Å²) in [5.41, 5.74) is 2.19. The number of hydrogen-bond donors (Lipinski definition) is 1. The van der Waals surface area contributed by atoms with E-state index in [2.05, 4.69) is 43.0 Å². The van der Waals surface area contributed by atoms with Gasteiger partial charge in [-0.05, 0) is 43.4 Å². The molecule has 0 radical (unpaired) electrons. The van der Waals surface area contributed by atoms with Crippen LogP contribution in [-0.4, -0.2) is 22.6 Å². The fourth-order valence-corrected chi connectivity index (χ4v) is 3.88. The second-order valence-corrected chi connectivity index (χ2v) is 6.93. The molecule has 4 atom stereocenters. The Hall–Kier alpha value is -1.35. The van der Waals surface area contributed by atoms with Crippen molar-refractivity contribution >= 4 is 12.4 Å². The summed E-state index contributed by atoms with van der Waals surface area (Å²) >= 11 is 0. The summed E-state index contributed by atoms with van der Waals surface area (Å²) in [6.45, 7) is 5.67. The highest BCUT2D eigenvalue weighted by Crippen LogP contribution is 2.38. The molecule has 0 saturated carbocycles. The van der Waals surface area contributed by atoms with E-state index in [1.165, 1.54) is 18.4 Å². The Morgan fingerprint density at radius 2 is 1.46 bits per heavy atom. The quantitative estimate of drug-likeness (QED) is 0.842. The molecule has 24 heavy (non-hydrogen) atoms. The van der Waals surface area contributed by atoms with Crippen LogP contribution in [0.4, 0.5) is 0 Å². The van der Waals surface area contributed by atoms with Crippen LogP contribution in [0.15, 0.2) is 60.7 Å². The van der Waals surface area contributed by atoms with E-state index in [1.54, 1.807) is 0 Å². The average Bonchev–Trinajstić information content (AvgIpc) is 2.59. The SMILES string of the molecule is CC1CCN(C(c2ccccc2)C(O)c2ccccc2)C(C)C1.Cl. The van der Waals surface area contributed by atoms with E-state index < -0.39 is 6.10 Å². The summed E-state index contributed by atoms with van der Waals surface area (Å²) in [5.74, 6) is 0.770. The molecule has 0 amide bonds. The number of halogens is 1. The van der Waals surface area contributed by atoms with Crippen LogP contribution < -0.4 is 0 Å². The van der Waals surface area contributed by atoms with Crippen molar-refractivity contribution in [2.75, 3.05) is 6.54 Å². The first-order chi connectivity index (χ1) is 11.2. The molecule has 2 nitrogen and oxygen atoms in total. The largest absolute Gasteiger partial charge is 0.386 e. The maximum absolute atomic E-state index is 11.1. The van der Waals surface area contributed by atoms with Crippen molar-refractivity contribution in [3.8, 4) is 0 Å². The zero-order valence-electron chi connectivity index (χ0n) is 14.5. The molecule has 2 aromatic carbocycles. The lowest BCUT2D eigenvalue weighted by molar-refractivity contribution is 0.000170. The molecule has 1 N–H and O–H groups in total. The standard InChI is InChI=1S/C21H27NO.ClH/c1-16-13-14-22(17(2)15-16)20(18-9-5-3-6-10-18)21(23)19-11-7-4-8-12-19;/h3-12,16-17,20-21,23H,13-15H2,1-2H3;1H. The Morgan fingerprint density at radius 1 is 0.917 bits per heavy atom. The fraction of sp³-hybridized carbons (Fsp3) is 0.429. The van der Waals surface area contributed by atoms with Gasteiger partial charge in [0.2, 0.25) is 0 Å². The Balaban J connectivity index is 0.00000208. The van der Waals surface area contributed by atoms with Gasteiger partial charge in [-0.1, -0.05) is 67.6 Å². The number of likely N-dealkylation sites (tertiary alicyclic amines) is 1. The maximum Gasteiger partial charge on any atom is 0.0986 e. The van der Waals surface area contributed by atoms with Crippen LogP contribution in [0.1, 0.15) is 50.0 Å². The topological polar surface area (TPSA) is 23.5 Å². The van der Waals surface area contributed by atoms with Gasteiger partial charge in [0.15, 0.2) is 0 Å². The van der Waals surface area contributed by atoms with Crippen LogP contribution in [-0.2, 0) is 0 Å². The normalized spacial score (nSPS) is 24.0. The second kappa shape index (κ2) is 8.66. The Kier molecular flexibility index (Phi) is 6.85. The van der Waals surface area contributed by atoms with Crippen molar-refractivity contribution in [1.29, 1.82) is 0 Å². The van der Waals surface area contributed by atoms with Gasteiger partial charge in [-0.15, -0.1) is 12.4 Å². The summed E-state index contributed by atoms with van der Waals surface area (Å²) in [7, 11) is 0. The smallest absolute Gasteiger partial charge is 0.0986 e. The molecule has 1 aliphatic rings. The van der Waals surface area contributed by atoms with Crippen LogP contribution in [0.3, 0.4) is 0 Å². The molecule has 2 aromatic rings. The third-order valence-corrected chi connectivity index (χ3v) is 5.13. The molecule has 1 heterocycles. The van der Waals surface area contributed by atoms with Crippen molar-refractivity contribution in [2.45, 2.75) is 44.9 Å². The minimum Gasteiger partial charge on any atom is -0.386 e. The van der Waals surface area contributed by atoms with E-state index >= 15 is 0 Å². The summed E-state index contributed by atoms with van der Waals surface area (Å²) in [6, 6.07) is 21.0. The van der Waals surface area contributed by atoms with Gasteiger partial charge in [0.25, 0.3) is 0 Å². The van der Waals surface area contributed by atoms with Crippen molar-refractivity contribution in [2.24, 2.45) is 5.92 Å². The van der Waals surface area contributed by atoms with Gasteiger partial charge < -0.3 is 5.11 Å². The van der Waals surface area contributed by atoms with E-state index in [0.717, 1.165) is 18.0 Å². The van der Waals surface area contributed by atoms with E-state index in [-0.39, 0.29) is 18.4 Å². The third kappa shape index (κ3) is 4.18. The van der Waals surface area contributed by atoms with Gasteiger partial charge in [-0.25, -0.2) is 0 Å². The lowest BCUT2D eigenvalue weighted by Crippen LogP contribution is -2.44. The van der Waals surface area contributed by atoms with Gasteiger partial charge in [-0.3, -0.25) is 4.90 Å². The van der Waals surface area contributed by atoms with Gasteiger partial charge in [0, 0.05) is 6.04 Å². The molecule has 1 saturated heterocycles. The summed E-state index contributed by atoms with van der Waals surface area (Å²) in [4.78, 5) is 2.49. The Labute approximate surface area is 151 Å². The highest BCUT2D eigenvalue weighted by Gasteiger charge is 2.34. The first-order valence-electron chi connectivity index (χ1n) is 8.70. The van der Waals surface area contributed by atoms with Gasteiger partial charge in [0.1, 0.15) is 0 Å². The molecule has 0 bridgehead atoms. The molecular weight excluding hydrogens is 318 g/mol. The van der Waals surface area contributed by atoms with Crippen LogP contribution in [0.5, 0.6) is 0 Å². The Morgan fingerprint density at radius 3 is 2.00 bits per heavy atom. The maximum atomic E-state index is 11.1. The number of rotatable bonds is 4. The highest BCUT2D eigenvalue weighted by atomic mass is 35.5. The molecule has 1 fully saturated rings. The minimum absolute atomic E-state index is 0. The summed E-state index contributed by atoms with van der Waals surface area (Å²) < 4.78 is 0. The highest BCUT2D eigenvalue weighted by molar-refractivity contribution is 5.85. The van der Waals surface area contributed by atoms with E-state index in [9.17, 15) is 5.11 Å². The van der Waals surface area contributed by atoms with Crippen LogP contribution >= 0.6 is 12.4 Å². The van der Waals surface area contributed by atoms with E-state index in [1.807, 2.05) is 36.4 Å². The molecule has 4 unspecified atom stereocenters. The third-order valence-electron chi connectivity index (χ3n) is 5.13. The van der Waals surface area contributed by atoms with Gasteiger partial charge >= 0.3 is 0 Å². The predicted octanol–water partition coefficient (Wildman–Crippen LogP) is 5.00. The van der Waals surface area contributed by atoms with Crippen molar-refractivity contribution in [3.05, 3.63) is 71.8 Å². The number of piperidine rings is 1. The zero-order valence-corrected chi connectivity index (χ0v) is 15.3. The van der Waals surface area contributed by atoms with Crippen LogP contribution in [0.2, 0.25) is 0 Å². The van der Waals surface area contributed by atoms with Gasteiger partial charge in [-0.2, -0.15) is 0 Å². The van der Waals surface area contributed by atoms with E-state index in [4.69, 9.17) is 0 Å². The van der Waals surface area contributed by atoms with Crippen molar-refractivity contribution < 1.29 is 5.11 Å². The average molecular weight is 346 g/mol. The molecular formula is C21H28ClNO.